The molecule has 2 aromatic rings. The fourth-order valence-electron chi connectivity index (χ4n) is 2.02. The summed E-state index contributed by atoms with van der Waals surface area (Å²) in [7, 11) is 1.58. The number of carbonyl (C=O) groups excluding carboxylic acids is 1. The number of ether oxygens (including phenoxy) is 2. The van der Waals surface area contributed by atoms with E-state index in [0.717, 1.165) is 4.47 Å². The van der Waals surface area contributed by atoms with Crippen LogP contribution in [0.25, 0.3) is 5.76 Å². The van der Waals surface area contributed by atoms with Crippen molar-refractivity contribution in [3.63, 3.8) is 0 Å². The number of aliphatic imine (C=N–C) groups is 1. The Hall–Kier alpha value is -2.60. The minimum Gasteiger partial charge on any atom is -0.506 e. The second kappa shape index (κ2) is 9.03. The zero-order valence-electron chi connectivity index (χ0n) is 13.9. The second-order valence-electron chi connectivity index (χ2n) is 4.95. The summed E-state index contributed by atoms with van der Waals surface area (Å²) in [6.07, 6.45) is 1.30. The van der Waals surface area contributed by atoms with Gasteiger partial charge in [0, 0.05) is 16.3 Å². The summed E-state index contributed by atoms with van der Waals surface area (Å²) in [6.45, 7) is 1.90. The van der Waals surface area contributed by atoms with Gasteiger partial charge in [-0.25, -0.2) is 4.79 Å². The Morgan fingerprint density at radius 2 is 1.96 bits per heavy atom. The highest BCUT2D eigenvalue weighted by molar-refractivity contribution is 9.10. The maximum Gasteiger partial charge on any atom is 0.343 e. The number of nitrogens with zero attached hydrogens (tertiary/aromatic N) is 1. The average Bonchev–Trinajstić information content (AvgIpc) is 2.62. The first-order valence-corrected chi connectivity index (χ1v) is 8.39. The largest absolute Gasteiger partial charge is 0.506 e. The van der Waals surface area contributed by atoms with Gasteiger partial charge in [-0.3, -0.25) is 4.99 Å². The number of esters is 1. The molecule has 2 aromatic carbocycles. The van der Waals surface area contributed by atoms with Crippen molar-refractivity contribution < 1.29 is 19.4 Å². The van der Waals surface area contributed by atoms with E-state index in [1.54, 1.807) is 56.5 Å². The molecule has 0 saturated heterocycles. The number of hydrogen-bond acceptors (Lipinski definition) is 5. The van der Waals surface area contributed by atoms with Gasteiger partial charge in [0.2, 0.25) is 0 Å². The van der Waals surface area contributed by atoms with Crippen LogP contribution in [0.2, 0.25) is 0 Å². The molecule has 1 N–H and O–H groups in total. The van der Waals surface area contributed by atoms with E-state index in [0.29, 0.717) is 17.0 Å². The van der Waals surface area contributed by atoms with E-state index in [-0.39, 0.29) is 17.9 Å². The van der Waals surface area contributed by atoms with Gasteiger partial charge in [0.15, 0.2) is 0 Å². The molecule has 0 unspecified atom stereocenters. The molecule has 0 spiro atoms. The second-order valence-corrected chi connectivity index (χ2v) is 5.86. The quantitative estimate of drug-likeness (QED) is 0.328. The summed E-state index contributed by atoms with van der Waals surface area (Å²) in [5, 5.41) is 10.5. The molecule has 0 bridgehead atoms. The van der Waals surface area contributed by atoms with Crippen LogP contribution in [0, 0.1) is 0 Å². The van der Waals surface area contributed by atoms with Gasteiger partial charge in [-0.05, 0) is 43.3 Å². The molecule has 0 amide bonds. The number of carbonyl (C=O) groups is 1. The fraction of sp³-hybridized carbons (Fsp3) is 0.158. The van der Waals surface area contributed by atoms with Gasteiger partial charge in [0.25, 0.3) is 0 Å². The number of methoxy groups -OCH3 is 1. The Balaban J connectivity index is 2.39. The molecular formula is C19H18BrNO4. The highest BCUT2D eigenvalue weighted by Gasteiger charge is 2.16. The zero-order valence-corrected chi connectivity index (χ0v) is 15.5. The van der Waals surface area contributed by atoms with Crippen LogP contribution in [-0.4, -0.2) is 31.0 Å². The van der Waals surface area contributed by atoms with E-state index in [2.05, 4.69) is 20.9 Å². The van der Waals surface area contributed by atoms with Gasteiger partial charge in [-0.15, -0.1) is 0 Å². The summed E-state index contributed by atoms with van der Waals surface area (Å²) in [4.78, 5) is 16.4. The van der Waals surface area contributed by atoms with Gasteiger partial charge < -0.3 is 14.6 Å². The first kappa shape index (κ1) is 18.7. The lowest BCUT2D eigenvalue weighted by Gasteiger charge is -2.07. The lowest BCUT2D eigenvalue weighted by Crippen LogP contribution is -2.11. The Morgan fingerprint density at radius 1 is 1.24 bits per heavy atom. The normalized spacial score (nSPS) is 12.0. The van der Waals surface area contributed by atoms with Crippen molar-refractivity contribution in [3.8, 4) is 5.75 Å². The Morgan fingerprint density at radius 3 is 2.56 bits per heavy atom. The van der Waals surface area contributed by atoms with E-state index in [4.69, 9.17) is 9.47 Å². The smallest absolute Gasteiger partial charge is 0.343 e. The molecule has 2 rings (SSSR count). The minimum atomic E-state index is -0.641. The molecule has 6 heteroatoms. The lowest BCUT2D eigenvalue weighted by molar-refractivity contribution is -0.137. The molecule has 0 radical (unpaired) electrons. The van der Waals surface area contributed by atoms with E-state index < -0.39 is 5.97 Å². The Bertz CT molecular complexity index is 797. The van der Waals surface area contributed by atoms with Crippen molar-refractivity contribution in [2.24, 2.45) is 4.99 Å². The summed E-state index contributed by atoms with van der Waals surface area (Å²) in [5.74, 6) is -0.133. The van der Waals surface area contributed by atoms with E-state index in [1.165, 1.54) is 6.21 Å². The first-order chi connectivity index (χ1) is 12.0. The molecule has 0 aliphatic carbocycles. The molecular weight excluding hydrogens is 386 g/mol. The predicted molar refractivity (Wildman–Crippen MR) is 101 cm³/mol. The van der Waals surface area contributed by atoms with E-state index in [1.807, 2.05) is 6.07 Å². The molecule has 25 heavy (non-hydrogen) atoms. The highest BCUT2D eigenvalue weighted by atomic mass is 79.9. The van der Waals surface area contributed by atoms with Gasteiger partial charge >= 0.3 is 5.97 Å². The molecule has 130 valence electrons. The van der Waals surface area contributed by atoms with Crippen LogP contribution < -0.4 is 4.74 Å². The number of aliphatic hydroxyl groups excluding tert-OH is 1. The van der Waals surface area contributed by atoms with Crippen molar-refractivity contribution in [2.75, 3.05) is 13.7 Å². The molecule has 0 heterocycles. The zero-order chi connectivity index (χ0) is 18.2. The minimum absolute atomic E-state index is 0.0178. The summed E-state index contributed by atoms with van der Waals surface area (Å²) in [5.41, 5.74) is 1.08. The molecule has 0 aromatic heterocycles. The monoisotopic (exact) mass is 403 g/mol. The SMILES string of the molecule is CCOC(=O)C(C=Nc1ccc(OC)cc1)=C(O)c1cccc(Br)c1. The standard InChI is InChI=1S/C19H18BrNO4/c1-3-25-19(23)17(18(22)13-5-4-6-14(20)11-13)12-21-15-7-9-16(24-2)10-8-15/h4-12,22H,3H2,1-2H3. The van der Waals surface area contributed by atoms with Gasteiger partial charge in [0.1, 0.15) is 17.1 Å². The van der Waals surface area contributed by atoms with Crippen LogP contribution >= 0.6 is 15.9 Å². The van der Waals surface area contributed by atoms with Crippen LogP contribution in [0.1, 0.15) is 12.5 Å². The lowest BCUT2D eigenvalue weighted by atomic mass is 10.1. The van der Waals surface area contributed by atoms with Gasteiger partial charge in [-0.1, -0.05) is 28.1 Å². The molecule has 0 aliphatic rings. The van der Waals surface area contributed by atoms with Crippen LogP contribution in [0.3, 0.4) is 0 Å². The summed E-state index contributed by atoms with van der Waals surface area (Å²) < 4.78 is 10.9. The van der Waals surface area contributed by atoms with Gasteiger partial charge in [0.05, 0.1) is 19.4 Å². The van der Waals surface area contributed by atoms with E-state index in [9.17, 15) is 9.90 Å². The number of benzene rings is 2. The van der Waals surface area contributed by atoms with Crippen LogP contribution in [0.5, 0.6) is 5.75 Å². The fourth-order valence-corrected chi connectivity index (χ4v) is 2.42. The van der Waals surface area contributed by atoms with Crippen molar-refractivity contribution in [3.05, 3.63) is 64.1 Å². The maximum absolute atomic E-state index is 12.2. The molecule has 5 nitrogen and oxygen atoms in total. The molecule has 0 saturated carbocycles. The van der Waals surface area contributed by atoms with Crippen LogP contribution in [0.4, 0.5) is 5.69 Å². The number of halogens is 1. The highest BCUT2D eigenvalue weighted by Crippen LogP contribution is 2.22. The summed E-state index contributed by atoms with van der Waals surface area (Å²) >= 11 is 3.34. The van der Waals surface area contributed by atoms with Gasteiger partial charge in [-0.2, -0.15) is 0 Å². The Kier molecular flexibility index (Phi) is 6.77. The van der Waals surface area contributed by atoms with Crippen LogP contribution in [0.15, 0.2) is 63.6 Å². The van der Waals surface area contributed by atoms with Crippen molar-refractivity contribution in [1.82, 2.24) is 0 Å². The topological polar surface area (TPSA) is 68.1 Å². The van der Waals surface area contributed by atoms with Crippen molar-refractivity contribution >= 4 is 39.6 Å². The number of aliphatic hydroxyl groups is 1. The third-order valence-electron chi connectivity index (χ3n) is 3.26. The average molecular weight is 404 g/mol. The third-order valence-corrected chi connectivity index (χ3v) is 3.76. The van der Waals surface area contributed by atoms with Crippen molar-refractivity contribution in [1.29, 1.82) is 0 Å². The predicted octanol–water partition coefficient (Wildman–Crippen LogP) is 4.69. The Labute approximate surface area is 154 Å². The third kappa shape index (κ3) is 5.19. The number of rotatable bonds is 6. The molecule has 0 aliphatic heterocycles. The van der Waals surface area contributed by atoms with Crippen LogP contribution in [-0.2, 0) is 9.53 Å². The van der Waals surface area contributed by atoms with E-state index >= 15 is 0 Å². The van der Waals surface area contributed by atoms with Crippen molar-refractivity contribution in [2.45, 2.75) is 6.92 Å². The molecule has 0 fully saturated rings. The number of hydrogen-bond donors (Lipinski definition) is 1. The molecule has 0 atom stereocenters. The summed E-state index contributed by atoms with van der Waals surface area (Å²) in [6, 6.07) is 14.0. The maximum atomic E-state index is 12.2. The first-order valence-electron chi connectivity index (χ1n) is 7.59.